The molecule has 1 atom stereocenters. The Labute approximate surface area is 108 Å². The highest BCUT2D eigenvalue weighted by atomic mass is 16.7. The molecule has 0 radical (unpaired) electrons. The van der Waals surface area contributed by atoms with E-state index in [1.54, 1.807) is 24.3 Å². The van der Waals surface area contributed by atoms with Crippen molar-refractivity contribution >= 4 is 11.8 Å². The molecule has 1 aliphatic carbocycles. The monoisotopic (exact) mass is 245 g/mol. The topological polar surface area (TPSA) is 46.6 Å². The zero-order valence-corrected chi connectivity index (χ0v) is 9.68. The van der Waals surface area contributed by atoms with E-state index in [0.717, 1.165) is 11.5 Å². The van der Waals surface area contributed by atoms with Crippen molar-refractivity contribution in [3.8, 4) is 0 Å². The van der Waals surface area contributed by atoms with Crippen molar-refractivity contribution in [2.45, 2.75) is 25.4 Å². The Kier molecular flexibility index (Phi) is 2.20. The third-order valence-corrected chi connectivity index (χ3v) is 3.02. The van der Waals surface area contributed by atoms with Crippen molar-refractivity contribution < 1.29 is 17.2 Å². The summed E-state index contributed by atoms with van der Waals surface area (Å²) in [6.45, 7) is 0. The third kappa shape index (κ3) is 1.75. The minimum Gasteiger partial charge on any atom is -0.266 e. The fourth-order valence-electron chi connectivity index (χ4n) is 2.10. The zero-order valence-electron chi connectivity index (χ0n) is 11.7. The van der Waals surface area contributed by atoms with E-state index in [1.165, 1.54) is 0 Å². The number of hydroxylamine groups is 2. The van der Waals surface area contributed by atoms with Crippen molar-refractivity contribution in [2.24, 2.45) is 0 Å². The van der Waals surface area contributed by atoms with Crippen molar-refractivity contribution in [2.75, 3.05) is 0 Å². The van der Waals surface area contributed by atoms with Crippen molar-refractivity contribution in [1.82, 2.24) is 5.06 Å². The van der Waals surface area contributed by atoms with Crippen LogP contribution in [0.2, 0.25) is 0 Å². The zero-order chi connectivity index (χ0) is 14.3. The van der Waals surface area contributed by atoms with E-state index in [9.17, 15) is 9.59 Å². The molecule has 4 nitrogen and oxygen atoms in total. The predicted octanol–water partition coefficient (Wildman–Crippen LogP) is 2.32. The van der Waals surface area contributed by atoms with E-state index < -0.39 is 17.9 Å². The summed E-state index contributed by atoms with van der Waals surface area (Å²) in [7, 11) is 0. The van der Waals surface area contributed by atoms with Gasteiger partial charge in [-0.05, 0) is 31.4 Å². The van der Waals surface area contributed by atoms with Gasteiger partial charge in [0.25, 0.3) is 11.8 Å². The van der Waals surface area contributed by atoms with Gasteiger partial charge in [0, 0.05) is 0 Å². The van der Waals surface area contributed by atoms with Gasteiger partial charge in [0.15, 0.2) is 0 Å². The minimum atomic E-state index is -0.696. The maximum atomic E-state index is 12.1. The van der Waals surface area contributed by atoms with Gasteiger partial charge in [0.2, 0.25) is 0 Å². The molecule has 0 saturated carbocycles. The van der Waals surface area contributed by atoms with Gasteiger partial charge in [-0.2, -0.15) is 0 Å². The summed E-state index contributed by atoms with van der Waals surface area (Å²) < 4.78 is 15.4. The average molecular weight is 245 g/mol. The average Bonchev–Trinajstić information content (AvgIpc) is 2.69. The van der Waals surface area contributed by atoms with Gasteiger partial charge >= 0.3 is 0 Å². The van der Waals surface area contributed by atoms with Crippen molar-refractivity contribution in [3.63, 3.8) is 0 Å². The molecule has 0 saturated heterocycles. The molecule has 1 aromatic rings. The Balaban J connectivity index is 1.85. The Hall–Kier alpha value is -1.94. The highest BCUT2D eigenvalue weighted by Gasteiger charge is 2.37. The number of amides is 2. The highest BCUT2D eigenvalue weighted by molar-refractivity contribution is 6.20. The lowest BCUT2D eigenvalue weighted by Crippen LogP contribution is -2.34. The SMILES string of the molecule is [2H]C1=C([2H])C(ON2C(=O)c3ccccc3C2=O)CCC1. The first kappa shape index (κ1) is 9.05. The van der Waals surface area contributed by atoms with Crippen LogP contribution in [0.5, 0.6) is 0 Å². The molecular formula is C14H13NO3. The van der Waals surface area contributed by atoms with Crippen LogP contribution in [0.3, 0.4) is 0 Å². The van der Waals surface area contributed by atoms with Crippen LogP contribution in [0.25, 0.3) is 0 Å². The fraction of sp³-hybridized carbons (Fsp3) is 0.286. The van der Waals surface area contributed by atoms with Crippen LogP contribution in [-0.2, 0) is 4.84 Å². The Bertz CT molecular complexity index is 592. The summed E-state index contributed by atoms with van der Waals surface area (Å²) in [4.78, 5) is 29.7. The van der Waals surface area contributed by atoms with E-state index in [-0.39, 0.29) is 12.1 Å². The van der Waals surface area contributed by atoms with Crippen LogP contribution in [0, 0.1) is 0 Å². The number of carbonyl (C=O) groups excluding carboxylic acids is 2. The quantitative estimate of drug-likeness (QED) is 0.593. The molecule has 0 aromatic heterocycles. The molecule has 1 heterocycles. The van der Waals surface area contributed by atoms with Gasteiger partial charge < -0.3 is 0 Å². The van der Waals surface area contributed by atoms with E-state index in [1.807, 2.05) is 0 Å². The standard InChI is InChI=1S/C14H13NO3/c16-13-11-8-4-5-9-12(11)14(17)15(13)18-10-6-2-1-3-7-10/h2,4-6,8-10H,1,3,7H2/i2D,6D. The molecule has 0 N–H and O–H groups in total. The van der Waals surface area contributed by atoms with E-state index in [2.05, 4.69) is 0 Å². The first-order valence-corrected chi connectivity index (χ1v) is 5.90. The van der Waals surface area contributed by atoms with Gasteiger partial charge in [-0.1, -0.05) is 24.2 Å². The summed E-state index contributed by atoms with van der Waals surface area (Å²) >= 11 is 0. The molecule has 92 valence electrons. The van der Waals surface area contributed by atoms with Gasteiger partial charge in [0.1, 0.15) is 6.10 Å². The summed E-state index contributed by atoms with van der Waals surface area (Å²) in [5, 5.41) is 0.725. The third-order valence-electron chi connectivity index (χ3n) is 3.02. The number of fused-ring (bicyclic) bond motifs is 1. The van der Waals surface area contributed by atoms with E-state index >= 15 is 0 Å². The second-order valence-corrected chi connectivity index (χ2v) is 4.26. The van der Waals surface area contributed by atoms with Crippen molar-refractivity contribution in [1.29, 1.82) is 0 Å². The number of hydrogen-bond donors (Lipinski definition) is 0. The number of hydrogen-bond acceptors (Lipinski definition) is 3. The van der Waals surface area contributed by atoms with E-state index in [4.69, 9.17) is 7.58 Å². The summed E-state index contributed by atoms with van der Waals surface area (Å²) in [6.07, 6.45) is 1.10. The Morgan fingerprint density at radius 3 is 2.56 bits per heavy atom. The molecule has 4 heteroatoms. The van der Waals surface area contributed by atoms with Gasteiger partial charge in [-0.3, -0.25) is 14.4 Å². The first-order chi connectivity index (χ1) is 9.59. The number of carbonyl (C=O) groups is 2. The largest absolute Gasteiger partial charge is 0.285 e. The van der Waals surface area contributed by atoms with Crippen LogP contribution in [0.15, 0.2) is 36.4 Å². The van der Waals surface area contributed by atoms with Crippen LogP contribution < -0.4 is 0 Å². The van der Waals surface area contributed by atoms with Crippen LogP contribution in [0.1, 0.15) is 42.7 Å². The predicted molar refractivity (Wildman–Crippen MR) is 64.8 cm³/mol. The number of imide groups is 1. The summed E-state index contributed by atoms with van der Waals surface area (Å²) in [5.74, 6) is -1.01. The molecule has 0 bridgehead atoms. The lowest BCUT2D eigenvalue weighted by molar-refractivity contribution is -0.119. The van der Waals surface area contributed by atoms with Crippen LogP contribution in [-0.4, -0.2) is 23.0 Å². The fourth-order valence-corrected chi connectivity index (χ4v) is 2.10. The Morgan fingerprint density at radius 2 is 1.89 bits per heavy atom. The van der Waals surface area contributed by atoms with Crippen LogP contribution >= 0.6 is 0 Å². The van der Waals surface area contributed by atoms with Gasteiger partial charge in [0.05, 0.1) is 13.9 Å². The number of allylic oxidation sites excluding steroid dienone is 1. The van der Waals surface area contributed by atoms with E-state index in [0.29, 0.717) is 24.0 Å². The maximum Gasteiger partial charge on any atom is 0.285 e. The van der Waals surface area contributed by atoms with Gasteiger partial charge in [-0.15, -0.1) is 5.06 Å². The second-order valence-electron chi connectivity index (χ2n) is 4.26. The number of rotatable bonds is 2. The lowest BCUT2D eigenvalue weighted by Gasteiger charge is -2.21. The highest BCUT2D eigenvalue weighted by Crippen LogP contribution is 2.25. The number of nitrogens with zero attached hydrogens (tertiary/aromatic N) is 1. The number of benzene rings is 1. The van der Waals surface area contributed by atoms with Crippen LogP contribution in [0.4, 0.5) is 0 Å². The molecule has 1 unspecified atom stereocenters. The summed E-state index contributed by atoms with van der Waals surface area (Å²) in [6, 6.07) is 6.78. The maximum absolute atomic E-state index is 12.1. The minimum absolute atomic E-state index is 0.0489. The van der Waals surface area contributed by atoms with Crippen molar-refractivity contribution in [3.05, 3.63) is 47.5 Å². The smallest absolute Gasteiger partial charge is 0.266 e. The Morgan fingerprint density at radius 1 is 1.22 bits per heavy atom. The molecule has 3 rings (SSSR count). The molecular weight excluding hydrogens is 230 g/mol. The molecule has 18 heavy (non-hydrogen) atoms. The van der Waals surface area contributed by atoms with Gasteiger partial charge in [-0.25, -0.2) is 0 Å². The molecule has 1 aliphatic heterocycles. The molecule has 0 spiro atoms. The molecule has 2 amide bonds. The summed E-state index contributed by atoms with van der Waals surface area (Å²) in [5.41, 5.74) is 0.629. The molecule has 1 aromatic carbocycles. The molecule has 0 fully saturated rings. The lowest BCUT2D eigenvalue weighted by atomic mass is 10.1. The second kappa shape index (κ2) is 4.38. The normalized spacial score (nSPS) is 25.1. The molecule has 2 aliphatic rings. The first-order valence-electron chi connectivity index (χ1n) is 6.90.